The lowest BCUT2D eigenvalue weighted by molar-refractivity contribution is -0.274. The molecular formula is C15H17F3N4O3S2. The van der Waals surface area contributed by atoms with E-state index in [4.69, 9.17) is 4.74 Å². The SMILES string of the molecule is COCC(C)NC(=O)CSc1nnc(Nc2ccc(OC(F)(F)F)cc2)s1. The first-order valence-corrected chi connectivity index (χ1v) is 9.43. The van der Waals surface area contributed by atoms with Gasteiger partial charge in [0.25, 0.3) is 0 Å². The van der Waals surface area contributed by atoms with Crippen LogP contribution in [0.3, 0.4) is 0 Å². The largest absolute Gasteiger partial charge is 0.573 e. The van der Waals surface area contributed by atoms with Crippen molar-refractivity contribution in [1.82, 2.24) is 15.5 Å². The zero-order valence-corrected chi connectivity index (χ0v) is 16.0. The molecule has 1 aromatic heterocycles. The Bertz CT molecular complexity index is 741. The molecule has 0 aliphatic heterocycles. The van der Waals surface area contributed by atoms with Crippen LogP contribution in [0.15, 0.2) is 28.6 Å². The minimum Gasteiger partial charge on any atom is -0.406 e. The molecule has 2 aromatic rings. The lowest BCUT2D eigenvalue weighted by Gasteiger charge is -2.11. The maximum absolute atomic E-state index is 12.1. The monoisotopic (exact) mass is 422 g/mol. The molecule has 1 unspecified atom stereocenters. The molecule has 0 saturated carbocycles. The lowest BCUT2D eigenvalue weighted by atomic mass is 10.3. The molecule has 0 saturated heterocycles. The number of nitrogens with one attached hydrogen (secondary N) is 2. The number of carbonyl (C=O) groups is 1. The number of thioether (sulfide) groups is 1. The first-order chi connectivity index (χ1) is 12.7. The molecule has 2 rings (SSSR count). The van der Waals surface area contributed by atoms with Crippen molar-refractivity contribution in [3.8, 4) is 5.75 Å². The highest BCUT2D eigenvalue weighted by molar-refractivity contribution is 8.01. The molecule has 1 amide bonds. The van der Waals surface area contributed by atoms with Crippen LogP contribution in [0.4, 0.5) is 24.0 Å². The number of rotatable bonds is 9. The van der Waals surface area contributed by atoms with Gasteiger partial charge in [0.15, 0.2) is 4.34 Å². The summed E-state index contributed by atoms with van der Waals surface area (Å²) in [7, 11) is 1.56. The van der Waals surface area contributed by atoms with Crippen LogP contribution in [-0.4, -0.2) is 48.0 Å². The summed E-state index contributed by atoms with van der Waals surface area (Å²) in [5, 5.41) is 14.1. The number of nitrogens with zero attached hydrogens (tertiary/aromatic N) is 2. The third-order valence-corrected chi connectivity index (χ3v) is 4.87. The van der Waals surface area contributed by atoms with Crippen LogP contribution < -0.4 is 15.4 Å². The van der Waals surface area contributed by atoms with Crippen LogP contribution in [0, 0.1) is 0 Å². The van der Waals surface area contributed by atoms with Gasteiger partial charge in [0.05, 0.1) is 12.4 Å². The van der Waals surface area contributed by atoms with Gasteiger partial charge in [-0.1, -0.05) is 23.1 Å². The highest BCUT2D eigenvalue weighted by atomic mass is 32.2. The van der Waals surface area contributed by atoms with Crippen molar-refractivity contribution < 1.29 is 27.4 Å². The van der Waals surface area contributed by atoms with E-state index < -0.39 is 6.36 Å². The van der Waals surface area contributed by atoms with Crippen molar-refractivity contribution >= 4 is 39.8 Å². The molecule has 0 radical (unpaired) electrons. The summed E-state index contributed by atoms with van der Waals surface area (Å²) in [6.07, 6.45) is -4.73. The molecule has 0 spiro atoms. The molecule has 1 atom stereocenters. The van der Waals surface area contributed by atoms with Gasteiger partial charge in [0, 0.05) is 18.8 Å². The van der Waals surface area contributed by atoms with E-state index in [1.807, 2.05) is 6.92 Å². The van der Waals surface area contributed by atoms with Crippen molar-refractivity contribution in [2.75, 3.05) is 24.8 Å². The predicted molar refractivity (Wildman–Crippen MR) is 96.5 cm³/mol. The van der Waals surface area contributed by atoms with Crippen molar-refractivity contribution in [1.29, 1.82) is 0 Å². The number of alkyl halides is 3. The Morgan fingerprint density at radius 2 is 2.00 bits per heavy atom. The number of amides is 1. The normalized spacial score (nSPS) is 12.5. The Balaban J connectivity index is 1.82. The minimum absolute atomic E-state index is 0.0842. The Morgan fingerprint density at radius 1 is 1.30 bits per heavy atom. The molecule has 27 heavy (non-hydrogen) atoms. The van der Waals surface area contributed by atoms with E-state index in [2.05, 4.69) is 25.6 Å². The van der Waals surface area contributed by atoms with Gasteiger partial charge in [-0.3, -0.25) is 4.79 Å². The third-order valence-electron chi connectivity index (χ3n) is 2.90. The zero-order valence-electron chi connectivity index (χ0n) is 14.4. The van der Waals surface area contributed by atoms with E-state index in [1.165, 1.54) is 47.4 Å². The molecule has 1 aromatic carbocycles. The summed E-state index contributed by atoms with van der Waals surface area (Å²) < 4.78 is 45.8. The number of ether oxygens (including phenoxy) is 2. The second kappa shape index (κ2) is 9.76. The smallest absolute Gasteiger partial charge is 0.406 e. The maximum atomic E-state index is 12.1. The van der Waals surface area contributed by atoms with Crippen LogP contribution in [0.25, 0.3) is 0 Å². The number of methoxy groups -OCH3 is 1. The zero-order chi connectivity index (χ0) is 19.9. The van der Waals surface area contributed by atoms with Gasteiger partial charge >= 0.3 is 6.36 Å². The van der Waals surface area contributed by atoms with Gasteiger partial charge in [-0.15, -0.1) is 23.4 Å². The van der Waals surface area contributed by atoms with Crippen LogP contribution >= 0.6 is 23.1 Å². The van der Waals surface area contributed by atoms with Gasteiger partial charge in [-0.25, -0.2) is 0 Å². The molecule has 148 valence electrons. The van der Waals surface area contributed by atoms with Crippen molar-refractivity contribution in [2.45, 2.75) is 23.7 Å². The molecule has 0 aliphatic rings. The Hall–Kier alpha value is -2.05. The second-order valence-corrected chi connectivity index (χ2v) is 7.48. The van der Waals surface area contributed by atoms with E-state index in [1.54, 1.807) is 7.11 Å². The summed E-state index contributed by atoms with van der Waals surface area (Å²) >= 11 is 2.46. The first-order valence-electron chi connectivity index (χ1n) is 7.62. The molecule has 7 nitrogen and oxygen atoms in total. The summed E-state index contributed by atoms with van der Waals surface area (Å²) in [5.74, 6) is -0.267. The number of hydrogen-bond acceptors (Lipinski definition) is 8. The average Bonchev–Trinajstić information content (AvgIpc) is 3.01. The van der Waals surface area contributed by atoms with Gasteiger partial charge < -0.3 is 20.1 Å². The van der Waals surface area contributed by atoms with Gasteiger partial charge in [-0.2, -0.15) is 0 Å². The fraction of sp³-hybridized carbons (Fsp3) is 0.400. The molecule has 12 heteroatoms. The molecule has 1 heterocycles. The summed E-state index contributed by atoms with van der Waals surface area (Å²) in [5.41, 5.74) is 0.531. The molecule has 0 bridgehead atoms. The highest BCUT2D eigenvalue weighted by Gasteiger charge is 2.30. The van der Waals surface area contributed by atoms with E-state index in [0.717, 1.165) is 0 Å². The molecular weight excluding hydrogens is 405 g/mol. The van der Waals surface area contributed by atoms with Crippen molar-refractivity contribution in [2.24, 2.45) is 0 Å². The molecule has 0 fully saturated rings. The average molecular weight is 422 g/mol. The van der Waals surface area contributed by atoms with Crippen LogP contribution in [-0.2, 0) is 9.53 Å². The van der Waals surface area contributed by atoms with E-state index in [9.17, 15) is 18.0 Å². The molecule has 0 aliphatic carbocycles. The van der Waals surface area contributed by atoms with Crippen molar-refractivity contribution in [3.63, 3.8) is 0 Å². The summed E-state index contributed by atoms with van der Waals surface area (Å²) in [6.45, 7) is 2.26. The Labute approximate surface area is 161 Å². The fourth-order valence-electron chi connectivity index (χ4n) is 1.92. The van der Waals surface area contributed by atoms with E-state index >= 15 is 0 Å². The van der Waals surface area contributed by atoms with Gasteiger partial charge in [0.2, 0.25) is 11.0 Å². The second-order valence-electron chi connectivity index (χ2n) is 5.28. The van der Waals surface area contributed by atoms with Crippen LogP contribution in [0.1, 0.15) is 6.92 Å². The third kappa shape index (κ3) is 8.01. The minimum atomic E-state index is -4.73. The lowest BCUT2D eigenvalue weighted by Crippen LogP contribution is -2.36. The van der Waals surface area contributed by atoms with Gasteiger partial charge in [-0.05, 0) is 31.2 Å². The van der Waals surface area contributed by atoms with E-state index in [-0.39, 0.29) is 23.5 Å². The van der Waals surface area contributed by atoms with Gasteiger partial charge in [0.1, 0.15) is 5.75 Å². The standard InChI is InChI=1S/C15H17F3N4O3S2/c1-9(7-24-2)19-12(23)8-26-14-22-21-13(27-14)20-10-3-5-11(6-4-10)25-15(16,17)18/h3-6,9H,7-8H2,1-2H3,(H,19,23)(H,20,21). The highest BCUT2D eigenvalue weighted by Crippen LogP contribution is 2.29. The van der Waals surface area contributed by atoms with Crippen LogP contribution in [0.2, 0.25) is 0 Å². The Morgan fingerprint density at radius 3 is 2.63 bits per heavy atom. The molecule has 2 N–H and O–H groups in total. The Kier molecular flexibility index (Phi) is 7.68. The number of aromatic nitrogens is 2. The number of hydrogen-bond donors (Lipinski definition) is 2. The predicted octanol–water partition coefficient (Wildman–Crippen LogP) is 3.42. The number of halogens is 3. The van der Waals surface area contributed by atoms with E-state index in [0.29, 0.717) is 21.8 Å². The number of anilines is 2. The van der Waals surface area contributed by atoms with Crippen LogP contribution in [0.5, 0.6) is 5.75 Å². The maximum Gasteiger partial charge on any atom is 0.573 e. The fourth-order valence-corrected chi connectivity index (χ4v) is 3.50. The summed E-state index contributed by atoms with van der Waals surface area (Å²) in [4.78, 5) is 11.8. The topological polar surface area (TPSA) is 85.4 Å². The number of benzene rings is 1. The van der Waals surface area contributed by atoms with Crippen molar-refractivity contribution in [3.05, 3.63) is 24.3 Å². The summed E-state index contributed by atoms with van der Waals surface area (Å²) in [6, 6.07) is 5.16. The first kappa shape index (κ1) is 21.3. The quantitative estimate of drug-likeness (QED) is 0.599. The number of carbonyl (C=O) groups excluding carboxylic acids is 1.